The minimum absolute atomic E-state index is 0.243. The highest BCUT2D eigenvalue weighted by Crippen LogP contribution is 2.34. The third-order valence-corrected chi connectivity index (χ3v) is 6.83. The number of fused-ring (bicyclic) bond motifs is 2. The SMILES string of the molecule is NCc1ccc(-c2nc3ccnc(C(=O)NCCc4nc5ccccc5[nH]4)c3cc2-c2ccccc2)cc1.O=C(O)C(F)(F)F. The maximum atomic E-state index is 13.3. The first-order valence-corrected chi connectivity index (χ1v) is 13.8. The lowest BCUT2D eigenvalue weighted by Gasteiger charge is -2.14. The van der Waals surface area contributed by atoms with Crippen molar-refractivity contribution < 1.29 is 27.9 Å². The quantitative estimate of drug-likeness (QED) is 0.175. The van der Waals surface area contributed by atoms with Crippen LogP contribution in [0.2, 0.25) is 0 Å². The summed E-state index contributed by atoms with van der Waals surface area (Å²) >= 11 is 0. The van der Waals surface area contributed by atoms with Gasteiger partial charge < -0.3 is 21.1 Å². The Balaban J connectivity index is 0.000000515. The van der Waals surface area contributed by atoms with Crippen molar-refractivity contribution in [2.75, 3.05) is 6.54 Å². The first-order chi connectivity index (χ1) is 21.6. The van der Waals surface area contributed by atoms with E-state index in [1.165, 1.54) is 0 Å². The molecule has 9 nitrogen and oxygen atoms in total. The van der Waals surface area contributed by atoms with Gasteiger partial charge in [0.1, 0.15) is 11.5 Å². The molecule has 0 fully saturated rings. The number of carboxylic acids is 1. The van der Waals surface area contributed by atoms with Gasteiger partial charge in [-0.25, -0.2) is 14.8 Å². The molecule has 0 aliphatic heterocycles. The van der Waals surface area contributed by atoms with Crippen molar-refractivity contribution in [3.05, 3.63) is 114 Å². The number of benzene rings is 3. The predicted octanol–water partition coefficient (Wildman–Crippen LogP) is 5.90. The lowest BCUT2D eigenvalue weighted by molar-refractivity contribution is -0.192. The topological polar surface area (TPSA) is 147 Å². The van der Waals surface area contributed by atoms with E-state index in [0.29, 0.717) is 36.1 Å². The second-order valence-corrected chi connectivity index (χ2v) is 9.89. The van der Waals surface area contributed by atoms with Crippen LogP contribution in [0.5, 0.6) is 0 Å². The number of nitrogens with zero attached hydrogens (tertiary/aromatic N) is 3. The number of imidazole rings is 1. The Bertz CT molecular complexity index is 1930. The molecule has 0 unspecified atom stereocenters. The maximum absolute atomic E-state index is 13.3. The van der Waals surface area contributed by atoms with E-state index in [1.807, 2.05) is 91.0 Å². The van der Waals surface area contributed by atoms with E-state index >= 15 is 0 Å². The fourth-order valence-electron chi connectivity index (χ4n) is 4.64. The monoisotopic (exact) mass is 612 g/mol. The Morgan fingerprint density at radius 3 is 2.22 bits per heavy atom. The van der Waals surface area contributed by atoms with Crippen molar-refractivity contribution in [3.8, 4) is 22.4 Å². The van der Waals surface area contributed by atoms with Gasteiger partial charge >= 0.3 is 12.1 Å². The molecule has 6 rings (SSSR count). The zero-order valence-electron chi connectivity index (χ0n) is 23.7. The van der Waals surface area contributed by atoms with E-state index < -0.39 is 12.1 Å². The summed E-state index contributed by atoms with van der Waals surface area (Å²) in [6, 6.07) is 29.9. The fraction of sp³-hybridized carbons (Fsp3) is 0.121. The molecule has 228 valence electrons. The third-order valence-electron chi connectivity index (χ3n) is 6.83. The lowest BCUT2D eigenvalue weighted by atomic mass is 9.96. The standard InChI is InChI=1S/C31H26N6O.C2HF3O2/c32-19-20-10-12-22(13-11-20)29-23(21-6-2-1-3-7-21)18-24-25(37-29)14-16-33-30(24)31(38)34-17-15-28-35-26-8-4-5-9-27(26)36-28;3-2(4,5)1(6)7/h1-14,16,18H,15,17,19,32H2,(H,34,38)(H,35,36);(H,6,7). The van der Waals surface area contributed by atoms with Crippen LogP contribution in [0.15, 0.2) is 97.2 Å². The summed E-state index contributed by atoms with van der Waals surface area (Å²) in [5.41, 5.74) is 13.6. The van der Waals surface area contributed by atoms with Crippen LogP contribution in [-0.4, -0.2) is 49.6 Å². The van der Waals surface area contributed by atoms with E-state index in [-0.39, 0.29) is 5.91 Å². The van der Waals surface area contributed by atoms with E-state index in [2.05, 4.69) is 20.3 Å². The number of aromatic nitrogens is 4. The van der Waals surface area contributed by atoms with Crippen molar-refractivity contribution >= 4 is 33.8 Å². The van der Waals surface area contributed by atoms with Crippen LogP contribution >= 0.6 is 0 Å². The van der Waals surface area contributed by atoms with Gasteiger partial charge in [-0.3, -0.25) is 9.78 Å². The number of carboxylic acid groups (broad SMARTS) is 1. The minimum Gasteiger partial charge on any atom is -0.475 e. The molecule has 0 bridgehead atoms. The molecule has 5 N–H and O–H groups in total. The van der Waals surface area contributed by atoms with Gasteiger partial charge in [-0.2, -0.15) is 13.2 Å². The van der Waals surface area contributed by atoms with E-state index in [4.69, 9.17) is 20.6 Å². The number of rotatable bonds is 7. The summed E-state index contributed by atoms with van der Waals surface area (Å²) in [5, 5.41) is 10.8. The number of hydrogen-bond acceptors (Lipinski definition) is 6. The van der Waals surface area contributed by atoms with Crippen LogP contribution < -0.4 is 11.1 Å². The van der Waals surface area contributed by atoms with E-state index in [1.54, 1.807) is 6.20 Å². The van der Waals surface area contributed by atoms with Crippen molar-refractivity contribution in [3.63, 3.8) is 0 Å². The van der Waals surface area contributed by atoms with Gasteiger partial charge in [0, 0.05) is 42.2 Å². The second kappa shape index (κ2) is 13.3. The zero-order chi connectivity index (χ0) is 32.0. The molecule has 6 aromatic rings. The van der Waals surface area contributed by atoms with Gasteiger partial charge in [0.2, 0.25) is 0 Å². The zero-order valence-corrected chi connectivity index (χ0v) is 23.7. The van der Waals surface area contributed by atoms with Crippen molar-refractivity contribution in [1.29, 1.82) is 0 Å². The number of nitrogens with one attached hydrogen (secondary N) is 2. The Morgan fingerprint density at radius 1 is 0.867 bits per heavy atom. The van der Waals surface area contributed by atoms with Gasteiger partial charge in [0.25, 0.3) is 5.91 Å². The van der Waals surface area contributed by atoms with Crippen molar-refractivity contribution in [2.24, 2.45) is 5.73 Å². The average Bonchev–Trinajstić information content (AvgIpc) is 3.47. The molecular weight excluding hydrogens is 585 g/mol. The smallest absolute Gasteiger partial charge is 0.475 e. The largest absolute Gasteiger partial charge is 0.490 e. The van der Waals surface area contributed by atoms with E-state index in [0.717, 1.165) is 44.8 Å². The fourth-order valence-corrected chi connectivity index (χ4v) is 4.64. The molecule has 0 saturated heterocycles. The molecule has 0 saturated carbocycles. The highest BCUT2D eigenvalue weighted by molar-refractivity contribution is 6.06. The molecule has 45 heavy (non-hydrogen) atoms. The summed E-state index contributed by atoms with van der Waals surface area (Å²) in [5.74, 6) is -2.17. The molecule has 3 aromatic heterocycles. The molecule has 0 atom stereocenters. The molecule has 0 aliphatic rings. The van der Waals surface area contributed by atoms with Crippen LogP contribution in [0.4, 0.5) is 13.2 Å². The molecule has 0 radical (unpaired) electrons. The Morgan fingerprint density at radius 2 is 1.56 bits per heavy atom. The number of alkyl halides is 3. The van der Waals surface area contributed by atoms with Crippen molar-refractivity contribution in [2.45, 2.75) is 19.1 Å². The summed E-state index contributed by atoms with van der Waals surface area (Å²) in [4.78, 5) is 39.5. The minimum atomic E-state index is -5.08. The number of hydrogen-bond donors (Lipinski definition) is 4. The summed E-state index contributed by atoms with van der Waals surface area (Å²) in [7, 11) is 0. The van der Waals surface area contributed by atoms with Crippen molar-refractivity contribution in [1.82, 2.24) is 25.3 Å². The van der Waals surface area contributed by atoms with E-state index in [9.17, 15) is 18.0 Å². The number of aromatic amines is 1. The number of para-hydroxylation sites is 2. The molecular formula is C33H27F3N6O3. The second-order valence-electron chi connectivity index (χ2n) is 9.89. The number of carbonyl (C=O) groups excluding carboxylic acids is 1. The van der Waals surface area contributed by atoms with Gasteiger partial charge in [0.05, 0.1) is 22.2 Å². The molecule has 0 spiro atoms. The Hall–Kier alpha value is -5.62. The number of H-pyrrole nitrogens is 1. The van der Waals surface area contributed by atoms with Gasteiger partial charge in [-0.1, -0.05) is 66.7 Å². The molecule has 1 amide bonds. The number of pyridine rings is 2. The number of amides is 1. The summed E-state index contributed by atoms with van der Waals surface area (Å²) in [6.07, 6.45) is -2.87. The highest BCUT2D eigenvalue weighted by Gasteiger charge is 2.38. The average molecular weight is 613 g/mol. The van der Waals surface area contributed by atoms with Crippen LogP contribution in [0.25, 0.3) is 44.3 Å². The first-order valence-electron chi connectivity index (χ1n) is 13.8. The maximum Gasteiger partial charge on any atom is 0.490 e. The molecule has 3 heterocycles. The van der Waals surface area contributed by atoms with Gasteiger partial charge in [-0.05, 0) is 35.4 Å². The Labute approximate surface area is 255 Å². The Kier molecular flexibility index (Phi) is 9.14. The number of nitrogens with two attached hydrogens (primary N) is 1. The van der Waals surface area contributed by atoms with Crippen LogP contribution in [0.3, 0.4) is 0 Å². The van der Waals surface area contributed by atoms with Crippen LogP contribution in [-0.2, 0) is 17.8 Å². The number of halogens is 3. The van der Waals surface area contributed by atoms with Gasteiger partial charge in [-0.15, -0.1) is 0 Å². The summed E-state index contributed by atoms with van der Waals surface area (Å²) < 4.78 is 31.7. The van der Waals surface area contributed by atoms with Gasteiger partial charge in [0.15, 0.2) is 0 Å². The normalized spacial score (nSPS) is 11.2. The summed E-state index contributed by atoms with van der Waals surface area (Å²) in [6.45, 7) is 0.915. The molecule has 3 aromatic carbocycles. The first kappa shape index (κ1) is 30.8. The lowest BCUT2D eigenvalue weighted by Crippen LogP contribution is -2.27. The molecule has 0 aliphatic carbocycles. The number of aliphatic carboxylic acids is 1. The van der Waals surface area contributed by atoms with Crippen LogP contribution in [0.1, 0.15) is 21.9 Å². The third kappa shape index (κ3) is 7.31. The predicted molar refractivity (Wildman–Crippen MR) is 164 cm³/mol. The number of carbonyl (C=O) groups is 2. The molecule has 12 heteroatoms. The highest BCUT2D eigenvalue weighted by atomic mass is 19.4. The van der Waals surface area contributed by atoms with Crippen LogP contribution in [0, 0.1) is 0 Å².